The van der Waals surface area contributed by atoms with Crippen LogP contribution in [0, 0.1) is 0 Å². The lowest BCUT2D eigenvalue weighted by molar-refractivity contribution is 0.168. The Bertz CT molecular complexity index is 404. The van der Waals surface area contributed by atoms with E-state index in [9.17, 15) is 5.11 Å². The fraction of sp³-hybridized carbons (Fsp3) is 0.538. The first-order valence-corrected chi connectivity index (χ1v) is 5.94. The number of rotatable bonds is 3. The van der Waals surface area contributed by atoms with E-state index in [2.05, 4.69) is 13.8 Å². The second kappa shape index (κ2) is 4.94. The zero-order chi connectivity index (χ0) is 12.4. The van der Waals surface area contributed by atoms with Crippen molar-refractivity contribution in [3.05, 3.63) is 23.3 Å². The highest BCUT2D eigenvalue weighted by Gasteiger charge is 2.23. The average molecular weight is 237 g/mol. The van der Waals surface area contributed by atoms with Crippen molar-refractivity contribution in [2.24, 2.45) is 5.73 Å². The Hall–Kier alpha value is -1.26. The Morgan fingerprint density at radius 1 is 1.29 bits per heavy atom. The molecule has 4 nitrogen and oxygen atoms in total. The van der Waals surface area contributed by atoms with Crippen LogP contribution in [0.4, 0.5) is 0 Å². The summed E-state index contributed by atoms with van der Waals surface area (Å²) in [6, 6.07) is 3.41. The predicted molar refractivity (Wildman–Crippen MR) is 65.5 cm³/mol. The highest BCUT2D eigenvalue weighted by Crippen LogP contribution is 2.41. The summed E-state index contributed by atoms with van der Waals surface area (Å²) in [7, 11) is 0. The van der Waals surface area contributed by atoms with Gasteiger partial charge in [0, 0.05) is 5.56 Å². The number of nitrogens with two attached hydrogens (primary N) is 1. The van der Waals surface area contributed by atoms with E-state index in [1.54, 1.807) is 0 Å². The summed E-state index contributed by atoms with van der Waals surface area (Å²) >= 11 is 0. The largest absolute Gasteiger partial charge is 0.486 e. The molecule has 1 aliphatic heterocycles. The summed E-state index contributed by atoms with van der Waals surface area (Å²) in [6.07, 6.45) is 0. The van der Waals surface area contributed by atoms with Crippen molar-refractivity contribution in [2.45, 2.75) is 25.8 Å². The van der Waals surface area contributed by atoms with Gasteiger partial charge in [0.05, 0.1) is 12.6 Å². The number of aliphatic hydroxyl groups excluding tert-OH is 1. The maximum Gasteiger partial charge on any atom is 0.165 e. The summed E-state index contributed by atoms with van der Waals surface area (Å²) in [5, 5.41) is 9.20. The molecule has 1 heterocycles. The quantitative estimate of drug-likeness (QED) is 0.837. The second-order valence-corrected chi connectivity index (χ2v) is 4.54. The van der Waals surface area contributed by atoms with Crippen molar-refractivity contribution >= 4 is 0 Å². The molecule has 1 aromatic rings. The minimum atomic E-state index is -0.372. The molecule has 0 bridgehead atoms. The van der Waals surface area contributed by atoms with Crippen LogP contribution < -0.4 is 15.2 Å². The van der Waals surface area contributed by atoms with Gasteiger partial charge in [-0.1, -0.05) is 19.9 Å². The van der Waals surface area contributed by atoms with Gasteiger partial charge in [-0.05, 0) is 17.5 Å². The molecule has 1 atom stereocenters. The molecule has 0 amide bonds. The predicted octanol–water partition coefficient (Wildman–Crippen LogP) is 1.57. The monoisotopic (exact) mass is 237 g/mol. The Morgan fingerprint density at radius 2 is 2.00 bits per heavy atom. The normalized spacial score (nSPS) is 16.1. The Labute approximate surface area is 101 Å². The van der Waals surface area contributed by atoms with E-state index >= 15 is 0 Å². The van der Waals surface area contributed by atoms with Crippen molar-refractivity contribution in [3.8, 4) is 11.5 Å². The molecule has 0 fully saturated rings. The van der Waals surface area contributed by atoms with Crippen LogP contribution in [0.3, 0.4) is 0 Å². The van der Waals surface area contributed by atoms with Gasteiger partial charge in [0.15, 0.2) is 11.5 Å². The Morgan fingerprint density at radius 3 is 2.65 bits per heavy atom. The molecule has 94 valence electrons. The standard InChI is InChI=1S/C13H19NO3/c1-8(2)12-9(10(14)7-15)3-4-11-13(12)17-6-5-16-11/h3-4,8,10,15H,5-7,14H2,1-2H3. The summed E-state index contributed by atoms with van der Waals surface area (Å²) in [4.78, 5) is 0. The third-order valence-electron chi connectivity index (χ3n) is 2.95. The van der Waals surface area contributed by atoms with Crippen molar-refractivity contribution in [1.29, 1.82) is 0 Å². The molecule has 1 aliphatic rings. The van der Waals surface area contributed by atoms with Gasteiger partial charge in [-0.15, -0.1) is 0 Å². The van der Waals surface area contributed by atoms with Crippen LogP contribution in [0.5, 0.6) is 11.5 Å². The van der Waals surface area contributed by atoms with Gasteiger partial charge in [-0.25, -0.2) is 0 Å². The van der Waals surface area contributed by atoms with Gasteiger partial charge in [0.25, 0.3) is 0 Å². The molecule has 4 heteroatoms. The van der Waals surface area contributed by atoms with E-state index < -0.39 is 0 Å². The van der Waals surface area contributed by atoms with E-state index in [4.69, 9.17) is 15.2 Å². The Kier molecular flexibility index (Phi) is 3.54. The van der Waals surface area contributed by atoms with E-state index in [1.165, 1.54) is 0 Å². The minimum Gasteiger partial charge on any atom is -0.486 e. The molecule has 0 aromatic heterocycles. The van der Waals surface area contributed by atoms with Crippen LogP contribution in [0.15, 0.2) is 12.1 Å². The summed E-state index contributed by atoms with van der Waals surface area (Å²) in [5.74, 6) is 1.83. The highest BCUT2D eigenvalue weighted by atomic mass is 16.6. The van der Waals surface area contributed by atoms with Crippen LogP contribution >= 0.6 is 0 Å². The van der Waals surface area contributed by atoms with Gasteiger partial charge >= 0.3 is 0 Å². The molecule has 0 aliphatic carbocycles. The van der Waals surface area contributed by atoms with Crippen LogP contribution in [0.25, 0.3) is 0 Å². The molecule has 0 radical (unpaired) electrons. The number of ether oxygens (including phenoxy) is 2. The average Bonchev–Trinajstić information content (AvgIpc) is 2.36. The lowest BCUT2D eigenvalue weighted by atomic mass is 9.91. The zero-order valence-corrected chi connectivity index (χ0v) is 10.3. The van der Waals surface area contributed by atoms with Gasteiger partial charge in [0.2, 0.25) is 0 Å². The van der Waals surface area contributed by atoms with Crippen LogP contribution in [-0.4, -0.2) is 24.9 Å². The van der Waals surface area contributed by atoms with Crippen LogP contribution in [0.1, 0.15) is 36.9 Å². The fourth-order valence-electron chi connectivity index (χ4n) is 2.17. The first kappa shape index (κ1) is 12.2. The van der Waals surface area contributed by atoms with E-state index in [1.807, 2.05) is 12.1 Å². The summed E-state index contributed by atoms with van der Waals surface area (Å²) < 4.78 is 11.2. The zero-order valence-electron chi connectivity index (χ0n) is 10.3. The lowest BCUT2D eigenvalue weighted by Gasteiger charge is -2.26. The second-order valence-electron chi connectivity index (χ2n) is 4.54. The number of benzene rings is 1. The number of fused-ring (bicyclic) bond motifs is 1. The number of hydrogen-bond donors (Lipinski definition) is 2. The number of hydrogen-bond acceptors (Lipinski definition) is 4. The van der Waals surface area contributed by atoms with Gasteiger partial charge < -0.3 is 20.3 Å². The van der Waals surface area contributed by atoms with E-state index in [-0.39, 0.29) is 18.6 Å². The molecular weight excluding hydrogens is 218 g/mol. The third-order valence-corrected chi connectivity index (χ3v) is 2.95. The molecule has 17 heavy (non-hydrogen) atoms. The molecule has 0 spiro atoms. The molecule has 2 rings (SSSR count). The van der Waals surface area contributed by atoms with Crippen molar-refractivity contribution in [3.63, 3.8) is 0 Å². The van der Waals surface area contributed by atoms with Crippen LogP contribution in [-0.2, 0) is 0 Å². The van der Waals surface area contributed by atoms with Crippen LogP contribution in [0.2, 0.25) is 0 Å². The van der Waals surface area contributed by atoms with Gasteiger partial charge in [0.1, 0.15) is 13.2 Å². The number of aliphatic hydroxyl groups is 1. The van der Waals surface area contributed by atoms with E-state index in [0.29, 0.717) is 13.2 Å². The van der Waals surface area contributed by atoms with Crippen molar-refractivity contribution in [1.82, 2.24) is 0 Å². The molecule has 0 saturated heterocycles. The summed E-state index contributed by atoms with van der Waals surface area (Å²) in [6.45, 7) is 5.24. The van der Waals surface area contributed by atoms with Gasteiger partial charge in [-0.3, -0.25) is 0 Å². The molecule has 1 unspecified atom stereocenters. The van der Waals surface area contributed by atoms with Crippen molar-refractivity contribution < 1.29 is 14.6 Å². The smallest absolute Gasteiger partial charge is 0.165 e. The van der Waals surface area contributed by atoms with E-state index in [0.717, 1.165) is 22.6 Å². The molecule has 3 N–H and O–H groups in total. The molecule has 0 saturated carbocycles. The Balaban J connectivity index is 2.53. The highest BCUT2D eigenvalue weighted by molar-refractivity contribution is 5.53. The minimum absolute atomic E-state index is 0.0701. The topological polar surface area (TPSA) is 64.7 Å². The van der Waals surface area contributed by atoms with Crippen molar-refractivity contribution in [2.75, 3.05) is 19.8 Å². The first-order chi connectivity index (χ1) is 8.15. The maximum atomic E-state index is 9.20. The fourth-order valence-corrected chi connectivity index (χ4v) is 2.17. The van der Waals surface area contributed by atoms with Gasteiger partial charge in [-0.2, -0.15) is 0 Å². The summed E-state index contributed by atoms with van der Waals surface area (Å²) in [5.41, 5.74) is 7.90. The maximum absolute atomic E-state index is 9.20. The third kappa shape index (κ3) is 2.23. The SMILES string of the molecule is CC(C)c1c(C(N)CO)ccc2c1OCCO2. The molecule has 1 aromatic carbocycles. The molecular formula is C13H19NO3. The lowest BCUT2D eigenvalue weighted by Crippen LogP contribution is -2.21. The first-order valence-electron chi connectivity index (χ1n) is 5.94.